The molecule has 4 N–H and O–H groups in total. The van der Waals surface area contributed by atoms with E-state index in [1.807, 2.05) is 32.0 Å². The summed E-state index contributed by atoms with van der Waals surface area (Å²) in [6.45, 7) is 11.3. The van der Waals surface area contributed by atoms with Gasteiger partial charge in [-0.2, -0.15) is 0 Å². The third kappa shape index (κ3) is 6.76. The van der Waals surface area contributed by atoms with Gasteiger partial charge in [0.2, 0.25) is 11.9 Å². The highest BCUT2D eigenvalue weighted by atomic mass is 16.1. The molecule has 0 fully saturated rings. The highest BCUT2D eigenvalue weighted by Gasteiger charge is 2.11. The van der Waals surface area contributed by atoms with Gasteiger partial charge in [0.05, 0.1) is 17.1 Å². The molecule has 0 atom stereocenters. The van der Waals surface area contributed by atoms with Gasteiger partial charge in [0.1, 0.15) is 0 Å². The molecule has 33 heavy (non-hydrogen) atoms. The number of likely N-dealkylation sites (N-methyl/N-ethyl adjacent to an activating group) is 1. The molecule has 3 rings (SSSR count). The molecule has 1 aromatic heterocycles. The van der Waals surface area contributed by atoms with Crippen molar-refractivity contribution in [1.29, 1.82) is 0 Å². The predicted molar refractivity (Wildman–Crippen MR) is 137 cm³/mol. The van der Waals surface area contributed by atoms with Crippen molar-refractivity contribution in [2.75, 3.05) is 36.0 Å². The zero-order valence-electron chi connectivity index (χ0n) is 19.9. The molecule has 0 bridgehead atoms. The lowest BCUT2D eigenvalue weighted by molar-refractivity contribution is -0.118. The average Bonchev–Trinajstić information content (AvgIpc) is 2.82. The van der Waals surface area contributed by atoms with E-state index in [1.165, 1.54) is 5.56 Å². The van der Waals surface area contributed by atoms with E-state index in [1.54, 1.807) is 12.3 Å². The zero-order chi connectivity index (χ0) is 23.8. The quantitative estimate of drug-likeness (QED) is 0.381. The normalized spacial score (nSPS) is 11.1. The van der Waals surface area contributed by atoms with Gasteiger partial charge in [-0.15, -0.1) is 0 Å². The van der Waals surface area contributed by atoms with Gasteiger partial charge in [-0.3, -0.25) is 4.79 Å². The number of hydrogen-bond acceptors (Lipinski definition) is 6. The smallest absolute Gasteiger partial charge is 0.227 e. The summed E-state index contributed by atoms with van der Waals surface area (Å²) in [6, 6.07) is 15.7. The Labute approximate surface area is 196 Å². The van der Waals surface area contributed by atoms with Crippen molar-refractivity contribution in [3.8, 4) is 11.3 Å². The third-order valence-corrected chi connectivity index (χ3v) is 5.61. The predicted octanol–water partition coefficient (Wildman–Crippen LogP) is 4.95. The maximum atomic E-state index is 12.0. The molecule has 174 valence electrons. The highest BCUT2D eigenvalue weighted by Crippen LogP contribution is 2.27. The average molecular weight is 447 g/mol. The molecule has 0 saturated carbocycles. The minimum absolute atomic E-state index is 0.0676. The molecule has 0 saturated heterocycles. The molecule has 0 aliphatic rings. The first-order chi connectivity index (χ1) is 15.9. The van der Waals surface area contributed by atoms with E-state index in [0.29, 0.717) is 17.3 Å². The summed E-state index contributed by atoms with van der Waals surface area (Å²) in [5.74, 6) is 0.331. The van der Waals surface area contributed by atoms with Gasteiger partial charge in [0, 0.05) is 29.9 Å². The number of nitrogens with two attached hydrogens (primary N) is 1. The largest absolute Gasteiger partial charge is 0.397 e. The van der Waals surface area contributed by atoms with Crippen molar-refractivity contribution in [3.05, 3.63) is 60.3 Å². The van der Waals surface area contributed by atoms with Crippen LogP contribution in [0.2, 0.25) is 0 Å². The van der Waals surface area contributed by atoms with Crippen LogP contribution >= 0.6 is 0 Å². The second-order valence-electron chi connectivity index (χ2n) is 8.31. The Kier molecular flexibility index (Phi) is 8.38. The van der Waals surface area contributed by atoms with E-state index in [2.05, 4.69) is 63.6 Å². The molecular formula is C26H34N6O. The highest BCUT2D eigenvalue weighted by molar-refractivity contribution is 5.95. The summed E-state index contributed by atoms with van der Waals surface area (Å²) in [4.78, 5) is 23.4. The lowest BCUT2D eigenvalue weighted by atomic mass is 10.1. The van der Waals surface area contributed by atoms with Crippen LogP contribution in [-0.2, 0) is 11.2 Å². The van der Waals surface area contributed by atoms with E-state index in [4.69, 9.17) is 5.73 Å². The number of aromatic nitrogens is 2. The molecule has 1 heterocycles. The van der Waals surface area contributed by atoms with Gasteiger partial charge in [-0.25, -0.2) is 9.97 Å². The molecule has 0 radical (unpaired) electrons. The fraction of sp³-hybridized carbons (Fsp3) is 0.346. The van der Waals surface area contributed by atoms with Crippen LogP contribution in [0.1, 0.15) is 33.3 Å². The number of nitrogens with zero attached hydrogens (tertiary/aromatic N) is 3. The second-order valence-corrected chi connectivity index (χ2v) is 8.31. The van der Waals surface area contributed by atoms with Crippen molar-refractivity contribution in [2.45, 2.75) is 34.1 Å². The fourth-order valence-corrected chi connectivity index (χ4v) is 3.40. The van der Waals surface area contributed by atoms with E-state index in [9.17, 15) is 4.79 Å². The lowest BCUT2D eigenvalue weighted by Crippen LogP contribution is -2.25. The molecular weight excluding hydrogens is 412 g/mol. The van der Waals surface area contributed by atoms with Crippen LogP contribution in [0.15, 0.2) is 54.7 Å². The van der Waals surface area contributed by atoms with Gasteiger partial charge in [-0.1, -0.05) is 45.9 Å². The Morgan fingerprint density at radius 2 is 1.79 bits per heavy atom. The van der Waals surface area contributed by atoms with Gasteiger partial charge >= 0.3 is 0 Å². The molecule has 3 aromatic rings. The molecule has 0 aliphatic carbocycles. The number of anilines is 4. The van der Waals surface area contributed by atoms with Crippen LogP contribution in [0.4, 0.5) is 23.0 Å². The van der Waals surface area contributed by atoms with Crippen LogP contribution in [0, 0.1) is 5.92 Å². The fourth-order valence-electron chi connectivity index (χ4n) is 3.40. The Bertz CT molecular complexity index is 1060. The summed E-state index contributed by atoms with van der Waals surface area (Å²) in [5, 5.41) is 6.12. The number of nitrogen functional groups attached to an aromatic ring is 1. The minimum Gasteiger partial charge on any atom is -0.397 e. The van der Waals surface area contributed by atoms with Crippen molar-refractivity contribution >= 4 is 28.9 Å². The van der Waals surface area contributed by atoms with Crippen LogP contribution in [0.3, 0.4) is 0 Å². The second kappa shape index (κ2) is 11.4. The van der Waals surface area contributed by atoms with Crippen LogP contribution in [0.5, 0.6) is 0 Å². The van der Waals surface area contributed by atoms with Gasteiger partial charge in [-0.05, 0) is 55.4 Å². The van der Waals surface area contributed by atoms with Gasteiger partial charge in [0.25, 0.3) is 0 Å². The van der Waals surface area contributed by atoms with Crippen molar-refractivity contribution in [2.24, 2.45) is 5.92 Å². The SMILES string of the molecule is CCN(CC)CCc1ccc(Nc2nccc(-c3ccc(NC(=O)C(C)C)c(N)c3)n2)cc1. The lowest BCUT2D eigenvalue weighted by Gasteiger charge is -2.17. The van der Waals surface area contributed by atoms with E-state index < -0.39 is 0 Å². The molecule has 2 aromatic carbocycles. The Hall–Kier alpha value is -3.45. The number of nitrogens with one attached hydrogen (secondary N) is 2. The standard InChI is InChI=1S/C26H34N6O/c1-5-32(6-2)16-14-19-7-10-21(11-8-19)29-26-28-15-13-23(31-26)20-9-12-24(22(27)17-20)30-25(33)18(3)4/h7-13,15,17-18H,5-6,14,16,27H2,1-4H3,(H,30,33)(H,28,29,31). The molecule has 7 nitrogen and oxygen atoms in total. The van der Waals surface area contributed by atoms with Crippen LogP contribution < -0.4 is 16.4 Å². The zero-order valence-corrected chi connectivity index (χ0v) is 19.9. The third-order valence-electron chi connectivity index (χ3n) is 5.61. The summed E-state index contributed by atoms with van der Waals surface area (Å²) < 4.78 is 0. The Morgan fingerprint density at radius 1 is 1.06 bits per heavy atom. The Balaban J connectivity index is 1.67. The van der Waals surface area contributed by atoms with Gasteiger partial charge in [0.15, 0.2) is 0 Å². The maximum Gasteiger partial charge on any atom is 0.227 e. The monoisotopic (exact) mass is 446 g/mol. The molecule has 0 unspecified atom stereocenters. The first kappa shape index (κ1) is 24.2. The minimum atomic E-state index is -0.115. The summed E-state index contributed by atoms with van der Waals surface area (Å²) >= 11 is 0. The van der Waals surface area contributed by atoms with Crippen LogP contribution in [0.25, 0.3) is 11.3 Å². The van der Waals surface area contributed by atoms with Crippen molar-refractivity contribution in [3.63, 3.8) is 0 Å². The number of hydrogen-bond donors (Lipinski definition) is 3. The summed E-state index contributed by atoms with van der Waals surface area (Å²) in [6.07, 6.45) is 2.75. The van der Waals surface area contributed by atoms with Gasteiger partial charge < -0.3 is 21.3 Å². The number of carbonyl (C=O) groups excluding carboxylic acids is 1. The number of carbonyl (C=O) groups is 1. The summed E-state index contributed by atoms with van der Waals surface area (Å²) in [7, 11) is 0. The van der Waals surface area contributed by atoms with E-state index in [0.717, 1.165) is 43.0 Å². The molecule has 0 spiro atoms. The topological polar surface area (TPSA) is 96.2 Å². The van der Waals surface area contributed by atoms with Crippen molar-refractivity contribution in [1.82, 2.24) is 14.9 Å². The summed E-state index contributed by atoms with van der Waals surface area (Å²) in [5.41, 5.74) is 11.1. The van der Waals surface area contributed by atoms with Crippen LogP contribution in [-0.4, -0.2) is 40.4 Å². The number of amides is 1. The van der Waals surface area contributed by atoms with Crippen molar-refractivity contribution < 1.29 is 4.79 Å². The maximum absolute atomic E-state index is 12.0. The first-order valence-corrected chi connectivity index (χ1v) is 11.5. The molecule has 1 amide bonds. The van der Waals surface area contributed by atoms with E-state index >= 15 is 0 Å². The Morgan fingerprint density at radius 3 is 2.42 bits per heavy atom. The number of benzene rings is 2. The first-order valence-electron chi connectivity index (χ1n) is 11.5. The molecule has 0 aliphatic heterocycles. The number of rotatable bonds is 10. The van der Waals surface area contributed by atoms with E-state index in [-0.39, 0.29) is 11.8 Å². The molecule has 7 heteroatoms.